The topological polar surface area (TPSA) is 65.2 Å². The zero-order valence-corrected chi connectivity index (χ0v) is 28.5. The first-order valence-electron chi connectivity index (χ1n) is 15.2. The molecular formula is C42H28N2O2Zn. The van der Waals surface area contributed by atoms with E-state index < -0.39 is 0 Å². The number of rotatable bonds is 5. The van der Waals surface area contributed by atoms with Crippen LogP contribution in [0.5, 0.6) is 11.5 Å². The van der Waals surface area contributed by atoms with Crippen molar-refractivity contribution in [2.24, 2.45) is 9.98 Å². The number of phenols is 2. The third kappa shape index (κ3) is 5.45. The Kier molecular flexibility index (Phi) is 8.07. The molecule has 0 amide bonds. The third-order valence-electron chi connectivity index (χ3n) is 8.61. The van der Waals surface area contributed by atoms with E-state index in [0.29, 0.717) is 11.1 Å². The molecule has 220 valence electrons. The minimum absolute atomic E-state index is 0. The summed E-state index contributed by atoms with van der Waals surface area (Å²) < 4.78 is 0. The second-order valence-electron chi connectivity index (χ2n) is 11.3. The Balaban J connectivity index is 0.00000351. The van der Waals surface area contributed by atoms with Crippen LogP contribution in [0.2, 0.25) is 0 Å². The van der Waals surface area contributed by atoms with E-state index in [1.807, 2.05) is 121 Å². The molecule has 0 spiro atoms. The van der Waals surface area contributed by atoms with E-state index in [-0.39, 0.29) is 31.0 Å². The Hall–Kier alpha value is -5.64. The van der Waals surface area contributed by atoms with E-state index >= 15 is 0 Å². The van der Waals surface area contributed by atoms with Gasteiger partial charge in [-0.1, -0.05) is 121 Å². The van der Waals surface area contributed by atoms with Crippen LogP contribution in [0.1, 0.15) is 11.1 Å². The summed E-state index contributed by atoms with van der Waals surface area (Å²) in [6.07, 6.45) is 3.44. The molecule has 0 unspecified atom stereocenters. The van der Waals surface area contributed by atoms with Gasteiger partial charge in [0.2, 0.25) is 0 Å². The van der Waals surface area contributed by atoms with Gasteiger partial charge in [-0.3, -0.25) is 9.98 Å². The standard InChI is InChI=1S/C42H28N2O2.Zn/c45-41-31(23-21-29-19-17-27-9-1-3-11-33(27)39(29)41)25-43-37-15-7-5-13-35(37)36-14-6-8-16-38(36)44-26-32-24-22-30-20-18-28-10-2-4-12-34(28)40(30)42(32)46;/h1-26,45-46H;. The van der Waals surface area contributed by atoms with Crippen molar-refractivity contribution < 1.29 is 29.7 Å². The molecule has 4 nitrogen and oxygen atoms in total. The molecule has 8 aromatic rings. The van der Waals surface area contributed by atoms with Crippen molar-refractivity contribution in [2.75, 3.05) is 0 Å². The van der Waals surface area contributed by atoms with Gasteiger partial charge < -0.3 is 10.2 Å². The van der Waals surface area contributed by atoms with Gasteiger partial charge >= 0.3 is 0 Å². The van der Waals surface area contributed by atoms with Crippen molar-refractivity contribution in [3.63, 3.8) is 0 Å². The van der Waals surface area contributed by atoms with Crippen molar-refractivity contribution in [1.29, 1.82) is 0 Å². The van der Waals surface area contributed by atoms with E-state index in [2.05, 4.69) is 24.3 Å². The summed E-state index contributed by atoms with van der Waals surface area (Å²) >= 11 is 0. The number of aromatic hydroxyl groups is 2. The third-order valence-corrected chi connectivity index (χ3v) is 8.61. The summed E-state index contributed by atoms with van der Waals surface area (Å²) in [6.45, 7) is 0. The van der Waals surface area contributed by atoms with E-state index in [9.17, 15) is 10.2 Å². The average Bonchev–Trinajstić information content (AvgIpc) is 3.11. The Morgan fingerprint density at radius 3 is 1.21 bits per heavy atom. The fourth-order valence-corrected chi connectivity index (χ4v) is 6.30. The van der Waals surface area contributed by atoms with Crippen molar-refractivity contribution >= 4 is 66.9 Å². The molecule has 47 heavy (non-hydrogen) atoms. The number of hydrogen-bond acceptors (Lipinski definition) is 4. The van der Waals surface area contributed by atoms with Crippen LogP contribution in [0.4, 0.5) is 11.4 Å². The number of hydrogen-bond donors (Lipinski definition) is 2. The van der Waals surface area contributed by atoms with Gasteiger partial charge in [0, 0.05) is 64.9 Å². The Labute approximate surface area is 284 Å². The summed E-state index contributed by atoms with van der Waals surface area (Å²) in [7, 11) is 0. The molecular weight excluding hydrogens is 630 g/mol. The van der Waals surface area contributed by atoms with Crippen LogP contribution in [-0.4, -0.2) is 22.6 Å². The minimum atomic E-state index is 0. The zero-order valence-electron chi connectivity index (χ0n) is 25.5. The number of fused-ring (bicyclic) bond motifs is 6. The van der Waals surface area contributed by atoms with E-state index in [1.165, 1.54) is 0 Å². The fraction of sp³-hybridized carbons (Fsp3) is 0. The summed E-state index contributed by atoms with van der Waals surface area (Å²) in [6, 6.07) is 48.0. The maximum atomic E-state index is 11.4. The zero-order chi connectivity index (χ0) is 31.0. The molecule has 8 aromatic carbocycles. The molecule has 0 aromatic heterocycles. The van der Waals surface area contributed by atoms with Gasteiger partial charge in [-0.25, -0.2) is 0 Å². The molecule has 0 heterocycles. The molecule has 0 saturated heterocycles. The molecule has 0 saturated carbocycles. The van der Waals surface area contributed by atoms with Crippen molar-refractivity contribution in [1.82, 2.24) is 0 Å². The smallest absolute Gasteiger partial charge is 0.132 e. The van der Waals surface area contributed by atoms with Gasteiger partial charge in [0.05, 0.1) is 11.4 Å². The van der Waals surface area contributed by atoms with Crippen molar-refractivity contribution in [3.05, 3.63) is 157 Å². The molecule has 0 fully saturated rings. The van der Waals surface area contributed by atoms with E-state index in [1.54, 1.807) is 12.4 Å². The van der Waals surface area contributed by atoms with Crippen LogP contribution in [0.25, 0.3) is 54.2 Å². The quantitative estimate of drug-likeness (QED) is 0.110. The number of para-hydroxylation sites is 2. The number of phenolic OH excluding ortho intramolecular Hbond substituents is 2. The molecule has 0 bridgehead atoms. The summed E-state index contributed by atoms with van der Waals surface area (Å²) in [5.74, 6) is 0.423. The fourth-order valence-electron chi connectivity index (χ4n) is 6.30. The Morgan fingerprint density at radius 1 is 0.383 bits per heavy atom. The van der Waals surface area contributed by atoms with Gasteiger partial charge in [0.1, 0.15) is 11.5 Å². The van der Waals surface area contributed by atoms with Gasteiger partial charge in [-0.05, 0) is 56.6 Å². The van der Waals surface area contributed by atoms with Crippen LogP contribution >= 0.6 is 0 Å². The molecule has 0 aliphatic heterocycles. The van der Waals surface area contributed by atoms with Crippen LogP contribution in [0.3, 0.4) is 0 Å². The predicted molar refractivity (Wildman–Crippen MR) is 193 cm³/mol. The second-order valence-corrected chi connectivity index (χ2v) is 11.3. The summed E-state index contributed by atoms with van der Waals surface area (Å²) in [4.78, 5) is 9.72. The van der Waals surface area contributed by atoms with Crippen LogP contribution in [0, 0.1) is 0 Å². The van der Waals surface area contributed by atoms with Gasteiger partial charge in [-0.15, -0.1) is 0 Å². The summed E-state index contributed by atoms with van der Waals surface area (Å²) in [5, 5.41) is 30.5. The molecule has 8 rings (SSSR count). The first-order valence-corrected chi connectivity index (χ1v) is 15.2. The van der Waals surface area contributed by atoms with Gasteiger partial charge in [-0.2, -0.15) is 0 Å². The first-order chi connectivity index (χ1) is 22.7. The molecule has 2 N–H and O–H groups in total. The molecule has 5 heteroatoms. The van der Waals surface area contributed by atoms with E-state index in [4.69, 9.17) is 9.98 Å². The Morgan fingerprint density at radius 2 is 0.745 bits per heavy atom. The average molecular weight is 658 g/mol. The predicted octanol–water partition coefficient (Wildman–Crippen LogP) is 10.9. The SMILES string of the molecule is Oc1c(C=Nc2ccccc2-c2ccccc2N=Cc2ccc3ccc4ccccc4c3c2O)ccc2ccc3ccccc3c12.[Zn]. The van der Waals surface area contributed by atoms with Crippen LogP contribution in [0.15, 0.2) is 156 Å². The monoisotopic (exact) mass is 656 g/mol. The molecule has 0 atom stereocenters. The second kappa shape index (κ2) is 12.6. The normalized spacial score (nSPS) is 11.7. The van der Waals surface area contributed by atoms with Gasteiger partial charge in [0.15, 0.2) is 0 Å². The Bertz CT molecular complexity index is 2340. The van der Waals surface area contributed by atoms with Gasteiger partial charge in [0.25, 0.3) is 0 Å². The van der Waals surface area contributed by atoms with Crippen molar-refractivity contribution in [2.45, 2.75) is 0 Å². The molecule has 0 aliphatic carbocycles. The first kappa shape index (κ1) is 30.0. The molecule has 0 aliphatic rings. The maximum absolute atomic E-state index is 11.4. The number of aliphatic imine (C=N–C) groups is 2. The largest absolute Gasteiger partial charge is 0.507 e. The van der Waals surface area contributed by atoms with Crippen LogP contribution < -0.4 is 0 Å². The minimum Gasteiger partial charge on any atom is -0.507 e. The maximum Gasteiger partial charge on any atom is 0.132 e. The molecule has 0 radical (unpaired) electrons. The van der Waals surface area contributed by atoms with Crippen LogP contribution in [-0.2, 0) is 19.5 Å². The number of nitrogens with zero attached hydrogens (tertiary/aromatic N) is 2. The number of benzene rings is 8. The van der Waals surface area contributed by atoms with E-state index in [0.717, 1.165) is 65.6 Å². The summed E-state index contributed by atoms with van der Waals surface area (Å²) in [5.41, 5.74) is 4.61. The van der Waals surface area contributed by atoms with Crippen molar-refractivity contribution in [3.8, 4) is 22.6 Å².